The number of rotatable bonds is 4. The van der Waals surface area contributed by atoms with E-state index < -0.39 is 0 Å². The van der Waals surface area contributed by atoms with Crippen LogP contribution in [0.4, 0.5) is 5.13 Å². The van der Waals surface area contributed by atoms with E-state index in [4.69, 9.17) is 4.74 Å². The average Bonchev–Trinajstić information content (AvgIpc) is 2.85. The minimum Gasteiger partial charge on any atom is -0.378 e. The Balaban J connectivity index is 2.32. The number of ether oxygens (including phenoxy) is 1. The first kappa shape index (κ1) is 11.4. The monoisotopic (exact) mass is 256 g/mol. The van der Waals surface area contributed by atoms with Crippen LogP contribution in [0.1, 0.15) is 10.7 Å². The lowest BCUT2D eigenvalue weighted by Crippen LogP contribution is -1.84. The molecular formula is C9H12N4OS2. The summed E-state index contributed by atoms with van der Waals surface area (Å²) in [5.41, 5.74) is 0.982. The average molecular weight is 256 g/mol. The molecule has 2 rings (SSSR count). The van der Waals surface area contributed by atoms with Gasteiger partial charge in [-0.15, -0.1) is 21.5 Å². The van der Waals surface area contributed by atoms with Crippen molar-refractivity contribution in [2.45, 2.75) is 13.5 Å². The Kier molecular flexibility index (Phi) is 3.47. The highest BCUT2D eigenvalue weighted by atomic mass is 32.1. The molecule has 0 aromatic carbocycles. The van der Waals surface area contributed by atoms with E-state index in [1.54, 1.807) is 18.4 Å². The van der Waals surface area contributed by atoms with Crippen molar-refractivity contribution in [3.8, 4) is 9.88 Å². The number of hydrogen-bond acceptors (Lipinski definition) is 7. The van der Waals surface area contributed by atoms with Gasteiger partial charge < -0.3 is 10.1 Å². The predicted molar refractivity (Wildman–Crippen MR) is 66.0 cm³/mol. The van der Waals surface area contributed by atoms with Crippen molar-refractivity contribution in [1.29, 1.82) is 0 Å². The zero-order valence-corrected chi connectivity index (χ0v) is 10.9. The highest BCUT2D eigenvalue weighted by Gasteiger charge is 2.13. The summed E-state index contributed by atoms with van der Waals surface area (Å²) < 4.78 is 5.06. The van der Waals surface area contributed by atoms with E-state index in [0.717, 1.165) is 25.7 Å². The molecule has 0 aliphatic rings. The Morgan fingerprint density at radius 3 is 2.75 bits per heavy atom. The molecule has 0 spiro atoms. The minimum atomic E-state index is 0.545. The van der Waals surface area contributed by atoms with Crippen LogP contribution < -0.4 is 5.32 Å². The molecule has 2 aromatic heterocycles. The van der Waals surface area contributed by atoms with Gasteiger partial charge in [-0.1, -0.05) is 11.3 Å². The van der Waals surface area contributed by atoms with Gasteiger partial charge in [0.25, 0.3) is 0 Å². The Labute approximate surface area is 102 Å². The van der Waals surface area contributed by atoms with Crippen LogP contribution in [-0.2, 0) is 11.3 Å². The van der Waals surface area contributed by atoms with E-state index in [1.165, 1.54) is 11.3 Å². The smallest absolute Gasteiger partial charge is 0.205 e. The molecule has 0 fully saturated rings. The van der Waals surface area contributed by atoms with Crippen LogP contribution >= 0.6 is 22.7 Å². The Bertz CT molecular complexity index is 480. The third-order valence-electron chi connectivity index (χ3n) is 1.94. The van der Waals surface area contributed by atoms with Gasteiger partial charge in [0.05, 0.1) is 17.2 Å². The maximum atomic E-state index is 5.06. The normalized spacial score (nSPS) is 10.7. The van der Waals surface area contributed by atoms with Crippen molar-refractivity contribution in [3.63, 3.8) is 0 Å². The summed E-state index contributed by atoms with van der Waals surface area (Å²) in [4.78, 5) is 5.50. The van der Waals surface area contributed by atoms with Crippen molar-refractivity contribution in [3.05, 3.63) is 10.7 Å². The summed E-state index contributed by atoms with van der Waals surface area (Å²) in [6.07, 6.45) is 0. The number of methoxy groups -OCH3 is 1. The molecule has 0 aliphatic heterocycles. The van der Waals surface area contributed by atoms with Crippen molar-refractivity contribution in [2.75, 3.05) is 19.5 Å². The standard InChI is InChI=1S/C9H12N4OS2/c1-5-7(15-6(11-5)4-14-3)8-12-13-9(10-2)16-8/h4H2,1-3H3,(H,10,13). The number of aromatic nitrogens is 3. The van der Waals surface area contributed by atoms with Crippen LogP contribution in [0.5, 0.6) is 0 Å². The third kappa shape index (κ3) is 2.21. The molecule has 1 N–H and O–H groups in total. The van der Waals surface area contributed by atoms with Crippen molar-refractivity contribution < 1.29 is 4.74 Å². The van der Waals surface area contributed by atoms with Gasteiger partial charge in [-0.2, -0.15) is 0 Å². The van der Waals surface area contributed by atoms with Gasteiger partial charge in [-0.25, -0.2) is 4.98 Å². The fraction of sp³-hybridized carbons (Fsp3) is 0.444. The van der Waals surface area contributed by atoms with Crippen LogP contribution in [0.15, 0.2) is 0 Å². The largest absolute Gasteiger partial charge is 0.378 e. The van der Waals surface area contributed by atoms with Gasteiger partial charge in [0.15, 0.2) is 5.01 Å². The predicted octanol–water partition coefficient (Wildman–Crippen LogP) is 2.16. The van der Waals surface area contributed by atoms with Crippen LogP contribution in [-0.4, -0.2) is 29.3 Å². The number of aryl methyl sites for hydroxylation is 1. The summed E-state index contributed by atoms with van der Waals surface area (Å²) >= 11 is 3.13. The zero-order valence-electron chi connectivity index (χ0n) is 9.27. The summed E-state index contributed by atoms with van der Waals surface area (Å²) in [5.74, 6) is 0. The van der Waals surface area contributed by atoms with E-state index in [9.17, 15) is 0 Å². The van der Waals surface area contributed by atoms with Crippen LogP contribution in [0.25, 0.3) is 9.88 Å². The third-order valence-corrected chi connectivity index (χ3v) is 4.17. The highest BCUT2D eigenvalue weighted by Crippen LogP contribution is 2.33. The molecule has 2 aromatic rings. The first-order valence-electron chi connectivity index (χ1n) is 4.71. The summed E-state index contributed by atoms with van der Waals surface area (Å²) in [5, 5.41) is 13.8. The van der Waals surface area contributed by atoms with Gasteiger partial charge in [0.1, 0.15) is 5.01 Å². The molecular weight excluding hydrogens is 244 g/mol. The van der Waals surface area contributed by atoms with Gasteiger partial charge in [-0.05, 0) is 6.92 Å². The van der Waals surface area contributed by atoms with Gasteiger partial charge in [0, 0.05) is 14.2 Å². The molecule has 2 heterocycles. The summed E-state index contributed by atoms with van der Waals surface area (Å²) in [7, 11) is 3.50. The Morgan fingerprint density at radius 2 is 2.12 bits per heavy atom. The fourth-order valence-electron chi connectivity index (χ4n) is 1.25. The molecule has 86 valence electrons. The first-order chi connectivity index (χ1) is 7.74. The molecule has 0 unspecified atom stereocenters. The molecule has 0 bridgehead atoms. The minimum absolute atomic E-state index is 0.545. The van der Waals surface area contributed by atoms with Crippen molar-refractivity contribution in [2.24, 2.45) is 0 Å². The zero-order chi connectivity index (χ0) is 11.5. The van der Waals surface area contributed by atoms with E-state index in [1.807, 2.05) is 14.0 Å². The second-order valence-corrected chi connectivity index (χ2v) is 5.18. The molecule has 7 heteroatoms. The number of nitrogens with one attached hydrogen (secondary N) is 1. The molecule has 0 radical (unpaired) electrons. The lowest BCUT2D eigenvalue weighted by atomic mass is 10.4. The van der Waals surface area contributed by atoms with Gasteiger partial charge >= 0.3 is 0 Å². The number of hydrogen-bond donors (Lipinski definition) is 1. The van der Waals surface area contributed by atoms with Crippen LogP contribution in [0, 0.1) is 6.92 Å². The van der Waals surface area contributed by atoms with Gasteiger partial charge in [0.2, 0.25) is 5.13 Å². The van der Waals surface area contributed by atoms with Crippen molar-refractivity contribution in [1.82, 2.24) is 15.2 Å². The molecule has 16 heavy (non-hydrogen) atoms. The topological polar surface area (TPSA) is 59.9 Å². The maximum Gasteiger partial charge on any atom is 0.205 e. The highest BCUT2D eigenvalue weighted by molar-refractivity contribution is 7.23. The first-order valence-corrected chi connectivity index (χ1v) is 6.34. The van der Waals surface area contributed by atoms with E-state index in [0.29, 0.717) is 6.61 Å². The number of nitrogens with zero attached hydrogens (tertiary/aromatic N) is 3. The molecule has 0 saturated heterocycles. The lowest BCUT2D eigenvalue weighted by molar-refractivity contribution is 0.184. The fourth-order valence-corrected chi connectivity index (χ4v) is 3.11. The molecule has 0 saturated carbocycles. The van der Waals surface area contributed by atoms with Crippen molar-refractivity contribution >= 4 is 27.8 Å². The number of thiazole rings is 1. The molecule has 5 nitrogen and oxygen atoms in total. The molecule has 0 amide bonds. The quantitative estimate of drug-likeness (QED) is 0.908. The summed E-state index contributed by atoms with van der Waals surface area (Å²) in [6, 6.07) is 0. The Hall–Kier alpha value is -1.05. The summed E-state index contributed by atoms with van der Waals surface area (Å²) in [6.45, 7) is 2.52. The second-order valence-electron chi connectivity index (χ2n) is 3.12. The molecule has 0 aliphatic carbocycles. The number of anilines is 1. The Morgan fingerprint density at radius 1 is 1.31 bits per heavy atom. The lowest BCUT2D eigenvalue weighted by Gasteiger charge is -1.89. The van der Waals surface area contributed by atoms with E-state index >= 15 is 0 Å². The maximum absolute atomic E-state index is 5.06. The van der Waals surface area contributed by atoms with Gasteiger partial charge in [-0.3, -0.25) is 0 Å². The van der Waals surface area contributed by atoms with Crippen LogP contribution in [0.3, 0.4) is 0 Å². The van der Waals surface area contributed by atoms with E-state index in [2.05, 4.69) is 20.5 Å². The van der Waals surface area contributed by atoms with E-state index in [-0.39, 0.29) is 0 Å². The van der Waals surface area contributed by atoms with Crippen LogP contribution in [0.2, 0.25) is 0 Å². The second kappa shape index (κ2) is 4.86. The molecule has 0 atom stereocenters. The SMILES string of the molecule is CNc1nnc(-c2sc(COC)nc2C)s1.